The highest BCUT2D eigenvalue weighted by atomic mass is 35.5. The third kappa shape index (κ3) is 4.95. The number of halogens is 1. The van der Waals surface area contributed by atoms with E-state index in [-0.39, 0.29) is 25.4 Å². The molecule has 0 bridgehead atoms. The molecule has 0 unspecified atom stereocenters. The third-order valence-corrected chi connectivity index (χ3v) is 3.49. The Labute approximate surface area is 143 Å². The van der Waals surface area contributed by atoms with Gasteiger partial charge >= 0.3 is 12.0 Å². The van der Waals surface area contributed by atoms with Crippen LogP contribution in [-0.4, -0.2) is 55.0 Å². The fourth-order valence-corrected chi connectivity index (χ4v) is 2.11. The first-order valence-corrected chi connectivity index (χ1v) is 7.63. The van der Waals surface area contributed by atoms with Crippen LogP contribution in [0.1, 0.15) is 16.8 Å². The lowest BCUT2D eigenvalue weighted by atomic mass is 10.2. The average Bonchev–Trinajstić information content (AvgIpc) is 2.99. The van der Waals surface area contributed by atoms with E-state index in [1.165, 1.54) is 0 Å². The van der Waals surface area contributed by atoms with Crippen molar-refractivity contribution in [3.63, 3.8) is 0 Å². The summed E-state index contributed by atoms with van der Waals surface area (Å²) in [5, 5.41) is 5.55. The number of ether oxygens (including phenoxy) is 1. The summed E-state index contributed by atoms with van der Waals surface area (Å²) in [5.41, 5.74) is 0.419. The van der Waals surface area contributed by atoms with Crippen molar-refractivity contribution in [2.24, 2.45) is 0 Å². The Morgan fingerprint density at radius 3 is 2.58 bits per heavy atom. The maximum Gasteiger partial charge on any atom is 0.324 e. The Balaban J connectivity index is 1.66. The highest BCUT2D eigenvalue weighted by Crippen LogP contribution is 2.09. The highest BCUT2D eigenvalue weighted by Gasteiger charge is 2.26. The Hall–Kier alpha value is -2.61. The molecule has 0 atom stereocenters. The minimum Gasteiger partial charge on any atom is -0.455 e. The van der Waals surface area contributed by atoms with Gasteiger partial charge in [-0.3, -0.25) is 19.3 Å². The third-order valence-electron chi connectivity index (χ3n) is 3.24. The lowest BCUT2D eigenvalue weighted by Gasteiger charge is -2.12. The zero-order valence-corrected chi connectivity index (χ0v) is 13.5. The topological polar surface area (TPSA) is 105 Å². The zero-order valence-electron chi connectivity index (χ0n) is 12.7. The molecule has 1 aromatic carbocycles. The molecule has 0 spiro atoms. The quantitative estimate of drug-likeness (QED) is 0.727. The number of carbonyl (C=O) groups excluding carboxylic acids is 4. The molecule has 9 heteroatoms. The Morgan fingerprint density at radius 2 is 1.96 bits per heavy atom. The minimum absolute atomic E-state index is 0.0681. The van der Waals surface area contributed by atoms with Crippen LogP contribution in [0.2, 0.25) is 5.02 Å². The first kappa shape index (κ1) is 17.7. The van der Waals surface area contributed by atoms with E-state index in [0.717, 1.165) is 4.90 Å². The number of esters is 1. The standard InChI is InChI=1S/C15H16ClN3O5/c16-11-3-1-10(2-4-11)14(22)17-6-5-13(21)24-9-12(20)19-8-7-18-15(19)23/h1-4H,5-9H2,(H,17,22)(H,18,23). The Bertz CT molecular complexity index is 647. The van der Waals surface area contributed by atoms with Gasteiger partial charge in [0.1, 0.15) is 0 Å². The molecule has 0 aromatic heterocycles. The number of carbonyl (C=O) groups is 4. The summed E-state index contributed by atoms with van der Waals surface area (Å²) in [6.07, 6.45) is -0.0845. The molecular formula is C15H16ClN3O5. The molecule has 24 heavy (non-hydrogen) atoms. The van der Waals surface area contributed by atoms with Crippen LogP contribution in [-0.2, 0) is 14.3 Å². The molecule has 4 amide bonds. The molecule has 8 nitrogen and oxygen atoms in total. The van der Waals surface area contributed by atoms with Gasteiger partial charge in [0.05, 0.1) is 6.42 Å². The van der Waals surface area contributed by atoms with Gasteiger partial charge in [0.25, 0.3) is 11.8 Å². The van der Waals surface area contributed by atoms with Crippen LogP contribution in [0.5, 0.6) is 0 Å². The van der Waals surface area contributed by atoms with Crippen molar-refractivity contribution in [3.8, 4) is 0 Å². The van der Waals surface area contributed by atoms with Crippen molar-refractivity contribution in [1.29, 1.82) is 0 Å². The van der Waals surface area contributed by atoms with Gasteiger partial charge in [-0.15, -0.1) is 0 Å². The number of hydrogen-bond acceptors (Lipinski definition) is 5. The molecule has 1 aliphatic heterocycles. The summed E-state index contributed by atoms with van der Waals surface area (Å²) in [5.74, 6) is -1.56. The lowest BCUT2D eigenvalue weighted by Crippen LogP contribution is -2.37. The van der Waals surface area contributed by atoms with Crippen LogP contribution in [0.4, 0.5) is 4.79 Å². The summed E-state index contributed by atoms with van der Waals surface area (Å²) in [4.78, 5) is 47.3. The van der Waals surface area contributed by atoms with Crippen LogP contribution < -0.4 is 10.6 Å². The van der Waals surface area contributed by atoms with E-state index < -0.39 is 24.5 Å². The molecule has 1 aliphatic rings. The average molecular weight is 354 g/mol. The molecule has 1 heterocycles. The van der Waals surface area contributed by atoms with Crippen LogP contribution in [0.25, 0.3) is 0 Å². The van der Waals surface area contributed by atoms with Crippen molar-refractivity contribution < 1.29 is 23.9 Å². The smallest absolute Gasteiger partial charge is 0.324 e. The first-order chi connectivity index (χ1) is 11.5. The fourth-order valence-electron chi connectivity index (χ4n) is 1.98. The van der Waals surface area contributed by atoms with Crippen LogP contribution in [0.15, 0.2) is 24.3 Å². The van der Waals surface area contributed by atoms with Crippen LogP contribution in [0, 0.1) is 0 Å². The molecule has 1 saturated heterocycles. The summed E-state index contributed by atoms with van der Waals surface area (Å²) in [6.45, 7) is 0.206. The van der Waals surface area contributed by atoms with E-state index in [9.17, 15) is 19.2 Å². The van der Waals surface area contributed by atoms with Crippen LogP contribution in [0.3, 0.4) is 0 Å². The van der Waals surface area contributed by atoms with Gasteiger partial charge in [-0.25, -0.2) is 4.79 Å². The van der Waals surface area contributed by atoms with Crippen molar-refractivity contribution in [3.05, 3.63) is 34.9 Å². The molecule has 2 N–H and O–H groups in total. The van der Waals surface area contributed by atoms with Gasteiger partial charge in [0.2, 0.25) is 0 Å². The number of amides is 4. The predicted octanol–water partition coefficient (Wildman–Crippen LogP) is 0.555. The number of hydrogen-bond donors (Lipinski definition) is 2. The monoisotopic (exact) mass is 353 g/mol. The molecule has 0 aliphatic carbocycles. The summed E-state index contributed by atoms with van der Waals surface area (Å²) in [6, 6.07) is 5.81. The molecule has 0 saturated carbocycles. The van der Waals surface area contributed by atoms with Crippen molar-refractivity contribution >= 4 is 35.4 Å². The second-order valence-electron chi connectivity index (χ2n) is 4.95. The van der Waals surface area contributed by atoms with Gasteiger partial charge in [0.15, 0.2) is 6.61 Å². The summed E-state index contributed by atoms with van der Waals surface area (Å²) < 4.78 is 4.79. The molecule has 2 rings (SSSR count). The molecule has 128 valence electrons. The highest BCUT2D eigenvalue weighted by molar-refractivity contribution is 6.30. The van der Waals surface area contributed by atoms with Crippen molar-refractivity contribution in [2.45, 2.75) is 6.42 Å². The van der Waals surface area contributed by atoms with Gasteiger partial charge < -0.3 is 15.4 Å². The normalized spacial score (nSPS) is 13.4. The van der Waals surface area contributed by atoms with E-state index >= 15 is 0 Å². The van der Waals surface area contributed by atoms with Gasteiger partial charge in [-0.05, 0) is 24.3 Å². The number of urea groups is 1. The molecule has 1 aromatic rings. The van der Waals surface area contributed by atoms with Gasteiger partial charge in [-0.1, -0.05) is 11.6 Å². The van der Waals surface area contributed by atoms with E-state index in [4.69, 9.17) is 16.3 Å². The fraction of sp³-hybridized carbons (Fsp3) is 0.333. The largest absolute Gasteiger partial charge is 0.455 e. The SMILES string of the molecule is O=C(CCNC(=O)c1ccc(Cl)cc1)OCC(=O)N1CCNC1=O. The first-order valence-electron chi connectivity index (χ1n) is 7.25. The molecular weight excluding hydrogens is 338 g/mol. The number of rotatable bonds is 6. The van der Waals surface area contributed by atoms with E-state index in [1.807, 2.05) is 0 Å². The van der Waals surface area contributed by atoms with E-state index in [1.54, 1.807) is 24.3 Å². The van der Waals surface area contributed by atoms with Crippen molar-refractivity contribution in [1.82, 2.24) is 15.5 Å². The molecule has 0 radical (unpaired) electrons. The lowest BCUT2D eigenvalue weighted by molar-refractivity contribution is -0.150. The van der Waals surface area contributed by atoms with Crippen LogP contribution >= 0.6 is 11.6 Å². The molecule has 1 fully saturated rings. The number of nitrogens with zero attached hydrogens (tertiary/aromatic N) is 1. The second kappa shape index (κ2) is 8.30. The summed E-state index contributed by atoms with van der Waals surface area (Å²) in [7, 11) is 0. The maximum absolute atomic E-state index is 11.8. The predicted molar refractivity (Wildman–Crippen MR) is 84.5 cm³/mol. The summed E-state index contributed by atoms with van der Waals surface area (Å²) >= 11 is 5.73. The minimum atomic E-state index is -0.639. The number of nitrogens with one attached hydrogen (secondary N) is 2. The Morgan fingerprint density at radius 1 is 1.25 bits per heavy atom. The van der Waals surface area contributed by atoms with E-state index in [2.05, 4.69) is 10.6 Å². The van der Waals surface area contributed by atoms with Crippen molar-refractivity contribution in [2.75, 3.05) is 26.2 Å². The second-order valence-corrected chi connectivity index (χ2v) is 5.39. The maximum atomic E-state index is 11.8. The number of benzene rings is 1. The Kier molecular flexibility index (Phi) is 6.14. The van der Waals surface area contributed by atoms with Gasteiger partial charge in [-0.2, -0.15) is 0 Å². The van der Waals surface area contributed by atoms with E-state index in [0.29, 0.717) is 17.1 Å². The number of imide groups is 1. The zero-order chi connectivity index (χ0) is 17.5. The van der Waals surface area contributed by atoms with Gasteiger partial charge in [0, 0.05) is 30.2 Å².